The smallest absolute Gasteiger partial charge is 0.349 e. The van der Waals surface area contributed by atoms with E-state index in [0.29, 0.717) is 5.56 Å². The molecule has 0 radical (unpaired) electrons. The first-order valence-corrected chi connectivity index (χ1v) is 6.00. The lowest BCUT2D eigenvalue weighted by Crippen LogP contribution is -2.26. The van der Waals surface area contributed by atoms with Gasteiger partial charge in [-0.25, -0.2) is 0 Å². The fourth-order valence-corrected chi connectivity index (χ4v) is 1.57. The molecule has 1 N–H and O–H groups in total. The van der Waals surface area contributed by atoms with Crippen molar-refractivity contribution in [1.82, 2.24) is 5.32 Å². The molecule has 1 amide bonds. The fourth-order valence-electron chi connectivity index (χ4n) is 1.57. The highest BCUT2D eigenvalue weighted by Gasteiger charge is 2.30. The summed E-state index contributed by atoms with van der Waals surface area (Å²) >= 11 is 0. The van der Waals surface area contributed by atoms with E-state index in [1.165, 1.54) is 18.2 Å². The molecule has 1 aliphatic rings. The number of amides is 1. The molecule has 0 aliphatic heterocycles. The molecule has 1 aromatic carbocycles. The van der Waals surface area contributed by atoms with Gasteiger partial charge < -0.3 is 5.32 Å². The molecule has 104 valence electrons. The quantitative estimate of drug-likeness (QED) is 0.683. The second-order valence-electron chi connectivity index (χ2n) is 4.54. The van der Waals surface area contributed by atoms with Crippen LogP contribution in [0.4, 0.5) is 13.2 Å². The Morgan fingerprint density at radius 1 is 1.30 bits per heavy atom. The molecule has 0 aromatic heterocycles. The van der Waals surface area contributed by atoms with Gasteiger partial charge in [0.2, 0.25) is 0 Å². The normalized spacial score (nSPS) is 15.6. The van der Waals surface area contributed by atoms with Gasteiger partial charge in [0, 0.05) is 6.04 Å². The number of halogens is 3. The van der Waals surface area contributed by atoms with Gasteiger partial charge in [0.15, 0.2) is 0 Å². The van der Waals surface area contributed by atoms with E-state index in [0.717, 1.165) is 25.0 Å². The lowest BCUT2D eigenvalue weighted by atomic mass is 10.1. The van der Waals surface area contributed by atoms with Crippen LogP contribution < -0.4 is 5.32 Å². The zero-order valence-corrected chi connectivity index (χ0v) is 10.4. The summed E-state index contributed by atoms with van der Waals surface area (Å²) in [6.45, 7) is 0. The van der Waals surface area contributed by atoms with Crippen molar-refractivity contribution in [2.45, 2.75) is 25.1 Å². The largest absolute Gasteiger partial charge is 0.416 e. The average Bonchev–Trinajstić information content (AvgIpc) is 3.19. The average molecular weight is 280 g/mol. The number of benzene rings is 1. The fraction of sp³-hybridized carbons (Fsp3) is 0.286. The predicted molar refractivity (Wildman–Crippen MR) is 66.2 cm³/mol. The summed E-state index contributed by atoms with van der Waals surface area (Å²) in [6.07, 6.45) is -1.34. The first-order valence-electron chi connectivity index (χ1n) is 6.00. The Hall–Kier alpha value is -2.29. The highest BCUT2D eigenvalue weighted by molar-refractivity contribution is 6.01. The molecular formula is C14H11F3N2O. The second-order valence-corrected chi connectivity index (χ2v) is 4.54. The van der Waals surface area contributed by atoms with Gasteiger partial charge in [-0.3, -0.25) is 4.79 Å². The number of rotatable bonds is 3. The van der Waals surface area contributed by atoms with Gasteiger partial charge in [0.25, 0.3) is 5.91 Å². The molecule has 0 unspecified atom stereocenters. The summed E-state index contributed by atoms with van der Waals surface area (Å²) in [7, 11) is 0. The Labute approximate surface area is 113 Å². The first-order chi connectivity index (χ1) is 9.40. The van der Waals surface area contributed by atoms with Gasteiger partial charge in [-0.05, 0) is 36.6 Å². The zero-order chi connectivity index (χ0) is 14.8. The minimum Gasteiger partial charge on any atom is -0.349 e. The van der Waals surface area contributed by atoms with E-state index in [2.05, 4.69) is 5.32 Å². The van der Waals surface area contributed by atoms with Crippen molar-refractivity contribution in [1.29, 1.82) is 5.26 Å². The van der Waals surface area contributed by atoms with Crippen LogP contribution in [0, 0.1) is 11.3 Å². The maximum atomic E-state index is 12.4. The van der Waals surface area contributed by atoms with Gasteiger partial charge in [-0.15, -0.1) is 0 Å². The highest BCUT2D eigenvalue weighted by atomic mass is 19.4. The Balaban J connectivity index is 2.15. The van der Waals surface area contributed by atoms with E-state index < -0.39 is 17.6 Å². The summed E-state index contributed by atoms with van der Waals surface area (Å²) in [6, 6.07) is 6.16. The van der Waals surface area contributed by atoms with Crippen LogP contribution >= 0.6 is 0 Å². The lowest BCUT2D eigenvalue weighted by Gasteiger charge is -2.06. The minimum atomic E-state index is -4.40. The van der Waals surface area contributed by atoms with Crippen LogP contribution in [-0.2, 0) is 11.0 Å². The van der Waals surface area contributed by atoms with Crippen LogP contribution in [0.25, 0.3) is 6.08 Å². The van der Waals surface area contributed by atoms with Crippen molar-refractivity contribution in [2.75, 3.05) is 0 Å². The van der Waals surface area contributed by atoms with Crippen LogP contribution in [0.2, 0.25) is 0 Å². The van der Waals surface area contributed by atoms with Crippen LogP contribution in [0.5, 0.6) is 0 Å². The van der Waals surface area contributed by atoms with Gasteiger partial charge in [0.05, 0.1) is 5.56 Å². The van der Waals surface area contributed by atoms with Crippen LogP contribution in [0.15, 0.2) is 29.8 Å². The molecule has 0 saturated heterocycles. The zero-order valence-electron chi connectivity index (χ0n) is 10.4. The monoisotopic (exact) mass is 280 g/mol. The molecule has 3 nitrogen and oxygen atoms in total. The summed E-state index contributed by atoms with van der Waals surface area (Å²) in [5.41, 5.74) is -0.507. The van der Waals surface area contributed by atoms with Gasteiger partial charge in [-0.2, -0.15) is 18.4 Å². The molecule has 1 fully saturated rings. The Morgan fingerprint density at radius 2 is 1.90 bits per heavy atom. The molecule has 2 rings (SSSR count). The third kappa shape index (κ3) is 3.60. The van der Waals surface area contributed by atoms with Crippen molar-refractivity contribution in [3.63, 3.8) is 0 Å². The number of hydrogen-bond donors (Lipinski definition) is 1. The number of nitriles is 1. The van der Waals surface area contributed by atoms with Crippen LogP contribution in [0.3, 0.4) is 0 Å². The van der Waals surface area contributed by atoms with Gasteiger partial charge >= 0.3 is 6.18 Å². The molecule has 0 bridgehead atoms. The van der Waals surface area contributed by atoms with Crippen molar-refractivity contribution in [3.05, 3.63) is 41.0 Å². The number of nitrogens with one attached hydrogen (secondary N) is 1. The second kappa shape index (κ2) is 5.37. The van der Waals surface area contributed by atoms with E-state index >= 15 is 0 Å². The minimum absolute atomic E-state index is 0.114. The third-order valence-electron chi connectivity index (χ3n) is 2.83. The SMILES string of the molecule is N#C/C(=C\c1ccc(C(F)(F)F)cc1)C(=O)NC1CC1. The van der Waals surface area contributed by atoms with E-state index in [9.17, 15) is 18.0 Å². The van der Waals surface area contributed by atoms with Crippen molar-refractivity contribution < 1.29 is 18.0 Å². The van der Waals surface area contributed by atoms with E-state index in [4.69, 9.17) is 5.26 Å². The topological polar surface area (TPSA) is 52.9 Å². The van der Waals surface area contributed by atoms with E-state index in [1.807, 2.05) is 0 Å². The molecular weight excluding hydrogens is 269 g/mol. The van der Waals surface area contributed by atoms with Crippen molar-refractivity contribution in [2.24, 2.45) is 0 Å². The number of carbonyl (C=O) groups is 1. The summed E-state index contributed by atoms with van der Waals surface area (Å²) < 4.78 is 37.2. The standard InChI is InChI=1S/C14H11F3N2O/c15-14(16,17)11-3-1-9(2-4-11)7-10(8-18)13(20)19-12-5-6-12/h1-4,7,12H,5-6H2,(H,19,20)/b10-7+. The summed E-state index contributed by atoms with van der Waals surface area (Å²) in [5, 5.41) is 11.6. The molecule has 20 heavy (non-hydrogen) atoms. The Kier molecular flexibility index (Phi) is 3.79. The molecule has 1 aliphatic carbocycles. The van der Waals surface area contributed by atoms with Gasteiger partial charge in [0.1, 0.15) is 11.6 Å². The molecule has 0 heterocycles. The van der Waals surface area contributed by atoms with Crippen LogP contribution in [0.1, 0.15) is 24.0 Å². The first kappa shape index (κ1) is 14.1. The van der Waals surface area contributed by atoms with E-state index in [-0.39, 0.29) is 11.6 Å². The highest BCUT2D eigenvalue weighted by Crippen LogP contribution is 2.29. The molecule has 1 saturated carbocycles. The maximum absolute atomic E-state index is 12.4. The molecule has 0 atom stereocenters. The summed E-state index contributed by atoms with van der Waals surface area (Å²) in [5.74, 6) is -0.491. The third-order valence-corrected chi connectivity index (χ3v) is 2.83. The van der Waals surface area contributed by atoms with E-state index in [1.54, 1.807) is 6.07 Å². The number of carbonyl (C=O) groups excluding carboxylic acids is 1. The van der Waals surface area contributed by atoms with Crippen molar-refractivity contribution >= 4 is 12.0 Å². The summed E-state index contributed by atoms with van der Waals surface area (Å²) in [4.78, 5) is 11.7. The molecule has 6 heteroatoms. The Morgan fingerprint density at radius 3 is 2.35 bits per heavy atom. The molecule has 0 spiro atoms. The van der Waals surface area contributed by atoms with Gasteiger partial charge in [-0.1, -0.05) is 12.1 Å². The number of hydrogen-bond acceptors (Lipinski definition) is 2. The number of nitrogens with zero attached hydrogens (tertiary/aromatic N) is 1. The predicted octanol–water partition coefficient (Wildman–Crippen LogP) is 2.89. The molecule has 1 aromatic rings. The maximum Gasteiger partial charge on any atom is 0.416 e. The van der Waals surface area contributed by atoms with Crippen molar-refractivity contribution in [3.8, 4) is 6.07 Å². The van der Waals surface area contributed by atoms with Crippen LogP contribution in [-0.4, -0.2) is 11.9 Å². The Bertz CT molecular complexity index is 578. The lowest BCUT2D eigenvalue weighted by molar-refractivity contribution is -0.137. The number of alkyl halides is 3.